The molecule has 122 valence electrons. The van der Waals surface area contributed by atoms with Crippen LogP contribution in [0.2, 0.25) is 0 Å². The van der Waals surface area contributed by atoms with Crippen LogP contribution in [0.25, 0.3) is 22.3 Å². The number of aromatic nitrogens is 3. The minimum atomic E-state index is -0.300. The first-order valence-electron chi connectivity index (χ1n) is 8.32. The van der Waals surface area contributed by atoms with Gasteiger partial charge in [-0.15, -0.1) is 0 Å². The van der Waals surface area contributed by atoms with Crippen LogP contribution in [0.5, 0.6) is 0 Å². The molecule has 1 aliphatic carbocycles. The Hall–Kier alpha value is -2.53. The summed E-state index contributed by atoms with van der Waals surface area (Å²) in [7, 11) is 2.01. The second-order valence-electron chi connectivity index (χ2n) is 6.31. The van der Waals surface area contributed by atoms with E-state index in [0.29, 0.717) is 5.82 Å². The molecule has 5 nitrogen and oxygen atoms in total. The lowest BCUT2D eigenvalue weighted by atomic mass is 10.1. The highest BCUT2D eigenvalue weighted by atomic mass is 16.3. The summed E-state index contributed by atoms with van der Waals surface area (Å²) in [5, 5.41) is 11.3. The van der Waals surface area contributed by atoms with Crippen molar-refractivity contribution in [2.45, 2.75) is 31.4 Å². The molecule has 0 radical (unpaired) electrons. The van der Waals surface area contributed by atoms with Crippen molar-refractivity contribution >= 4 is 16.7 Å². The maximum atomic E-state index is 10.3. The number of nitrogens with zero attached hydrogens (tertiary/aromatic N) is 4. The molecule has 0 unspecified atom stereocenters. The highest BCUT2D eigenvalue weighted by molar-refractivity contribution is 5.91. The Morgan fingerprint density at radius 2 is 1.96 bits per heavy atom. The van der Waals surface area contributed by atoms with Crippen LogP contribution in [0, 0.1) is 0 Å². The molecule has 2 heterocycles. The molecule has 1 aliphatic rings. The van der Waals surface area contributed by atoms with Gasteiger partial charge in [-0.2, -0.15) is 0 Å². The van der Waals surface area contributed by atoms with Crippen LogP contribution >= 0.6 is 0 Å². The van der Waals surface area contributed by atoms with E-state index in [1.807, 2.05) is 43.4 Å². The Morgan fingerprint density at radius 1 is 1.08 bits per heavy atom. The molecule has 0 amide bonds. The van der Waals surface area contributed by atoms with Crippen molar-refractivity contribution in [2.75, 3.05) is 11.9 Å². The van der Waals surface area contributed by atoms with Gasteiger partial charge in [0, 0.05) is 30.4 Å². The minimum absolute atomic E-state index is 0.102. The van der Waals surface area contributed by atoms with Crippen LogP contribution in [-0.4, -0.2) is 39.3 Å². The van der Waals surface area contributed by atoms with Gasteiger partial charge in [-0.05, 0) is 43.5 Å². The second kappa shape index (κ2) is 6.17. The van der Waals surface area contributed by atoms with Gasteiger partial charge >= 0.3 is 0 Å². The molecule has 0 aliphatic heterocycles. The van der Waals surface area contributed by atoms with Crippen LogP contribution < -0.4 is 4.90 Å². The third-order valence-electron chi connectivity index (χ3n) is 4.78. The number of pyridine rings is 1. The van der Waals surface area contributed by atoms with E-state index in [0.717, 1.165) is 41.5 Å². The van der Waals surface area contributed by atoms with E-state index in [1.54, 1.807) is 12.4 Å². The largest absolute Gasteiger partial charge is 0.391 e. The molecule has 1 fully saturated rings. The number of para-hydroxylation sites is 1. The summed E-state index contributed by atoms with van der Waals surface area (Å²) in [5.41, 5.74) is 1.80. The third-order valence-corrected chi connectivity index (χ3v) is 4.78. The Morgan fingerprint density at radius 3 is 2.71 bits per heavy atom. The van der Waals surface area contributed by atoms with E-state index in [9.17, 15) is 5.11 Å². The fourth-order valence-corrected chi connectivity index (χ4v) is 3.48. The van der Waals surface area contributed by atoms with E-state index < -0.39 is 0 Å². The molecular weight excluding hydrogens is 300 g/mol. The second-order valence-corrected chi connectivity index (χ2v) is 6.31. The number of hydrogen-bond donors (Lipinski definition) is 1. The Labute approximate surface area is 141 Å². The molecule has 1 saturated carbocycles. The summed E-state index contributed by atoms with van der Waals surface area (Å²) in [6.45, 7) is 0. The van der Waals surface area contributed by atoms with Crippen molar-refractivity contribution in [2.24, 2.45) is 0 Å². The monoisotopic (exact) mass is 320 g/mol. The average molecular weight is 320 g/mol. The van der Waals surface area contributed by atoms with Gasteiger partial charge in [-0.1, -0.05) is 12.1 Å². The SMILES string of the molecule is CN(c1nc(-c2cccnc2)nc2ccccc12)[C@@H]1CCC[C@H]1O. The molecule has 0 bridgehead atoms. The summed E-state index contributed by atoms with van der Waals surface area (Å²) < 4.78 is 0. The zero-order chi connectivity index (χ0) is 16.5. The summed E-state index contributed by atoms with van der Waals surface area (Å²) in [5.74, 6) is 1.53. The molecule has 24 heavy (non-hydrogen) atoms. The number of hydrogen-bond acceptors (Lipinski definition) is 5. The highest BCUT2D eigenvalue weighted by Crippen LogP contribution is 2.32. The van der Waals surface area contributed by atoms with E-state index in [-0.39, 0.29) is 12.1 Å². The van der Waals surface area contributed by atoms with Crippen LogP contribution in [0.15, 0.2) is 48.8 Å². The number of aliphatic hydroxyl groups is 1. The smallest absolute Gasteiger partial charge is 0.163 e. The van der Waals surface area contributed by atoms with Crippen molar-refractivity contribution in [1.82, 2.24) is 15.0 Å². The molecule has 0 spiro atoms. The fourth-order valence-electron chi connectivity index (χ4n) is 3.48. The van der Waals surface area contributed by atoms with Crippen molar-refractivity contribution in [3.8, 4) is 11.4 Å². The van der Waals surface area contributed by atoms with Gasteiger partial charge in [-0.25, -0.2) is 9.97 Å². The van der Waals surface area contributed by atoms with E-state index in [4.69, 9.17) is 9.97 Å². The van der Waals surface area contributed by atoms with Gasteiger partial charge in [0.25, 0.3) is 0 Å². The predicted molar refractivity (Wildman–Crippen MR) is 94.8 cm³/mol. The molecule has 2 atom stereocenters. The Kier molecular flexibility index (Phi) is 3.86. The quantitative estimate of drug-likeness (QED) is 0.803. The maximum Gasteiger partial charge on any atom is 0.163 e. The molecule has 3 aromatic rings. The number of benzene rings is 1. The molecule has 2 aromatic heterocycles. The third kappa shape index (κ3) is 2.61. The van der Waals surface area contributed by atoms with Crippen LogP contribution in [0.3, 0.4) is 0 Å². The summed E-state index contributed by atoms with van der Waals surface area (Å²) >= 11 is 0. The van der Waals surface area contributed by atoms with Crippen molar-refractivity contribution in [3.05, 3.63) is 48.8 Å². The van der Waals surface area contributed by atoms with Crippen molar-refractivity contribution in [3.63, 3.8) is 0 Å². The van der Waals surface area contributed by atoms with Gasteiger partial charge in [0.1, 0.15) is 5.82 Å². The first-order valence-corrected chi connectivity index (χ1v) is 8.32. The van der Waals surface area contributed by atoms with Gasteiger partial charge in [-0.3, -0.25) is 4.98 Å². The van der Waals surface area contributed by atoms with Gasteiger partial charge in [0.05, 0.1) is 17.7 Å². The molecule has 1 aromatic carbocycles. The van der Waals surface area contributed by atoms with Crippen molar-refractivity contribution in [1.29, 1.82) is 0 Å². The first-order chi connectivity index (χ1) is 11.7. The van der Waals surface area contributed by atoms with E-state index in [1.165, 1.54) is 0 Å². The number of likely N-dealkylation sites (N-methyl/N-ethyl adjacent to an activating group) is 1. The number of aliphatic hydroxyl groups excluding tert-OH is 1. The lowest BCUT2D eigenvalue weighted by Gasteiger charge is -2.29. The van der Waals surface area contributed by atoms with Crippen LogP contribution in [0.1, 0.15) is 19.3 Å². The standard InChI is InChI=1S/C19H20N4O/c1-23(16-9-4-10-17(16)24)19-14-7-2-3-8-15(14)21-18(22-19)13-6-5-11-20-12-13/h2-3,5-8,11-12,16-17,24H,4,9-10H2,1H3/t16-,17-/m1/s1. The number of fused-ring (bicyclic) bond motifs is 1. The van der Waals surface area contributed by atoms with Gasteiger partial charge in [0.15, 0.2) is 5.82 Å². The molecule has 1 N–H and O–H groups in total. The number of anilines is 1. The van der Waals surface area contributed by atoms with Crippen molar-refractivity contribution < 1.29 is 5.11 Å². The summed E-state index contributed by atoms with van der Waals surface area (Å²) in [6, 6.07) is 12.0. The zero-order valence-electron chi connectivity index (χ0n) is 13.6. The maximum absolute atomic E-state index is 10.3. The fraction of sp³-hybridized carbons (Fsp3) is 0.316. The van der Waals surface area contributed by atoms with E-state index in [2.05, 4.69) is 9.88 Å². The lowest BCUT2D eigenvalue weighted by Crippen LogP contribution is -2.38. The average Bonchev–Trinajstić information content (AvgIpc) is 3.07. The van der Waals surface area contributed by atoms with Gasteiger partial charge in [0.2, 0.25) is 0 Å². The van der Waals surface area contributed by atoms with Crippen LogP contribution in [0.4, 0.5) is 5.82 Å². The minimum Gasteiger partial charge on any atom is -0.391 e. The first kappa shape index (κ1) is 15.0. The van der Waals surface area contributed by atoms with Gasteiger partial charge < -0.3 is 10.0 Å². The summed E-state index contributed by atoms with van der Waals surface area (Å²) in [6.07, 6.45) is 6.11. The summed E-state index contributed by atoms with van der Waals surface area (Å²) in [4.78, 5) is 15.8. The van der Waals surface area contributed by atoms with E-state index >= 15 is 0 Å². The predicted octanol–water partition coefficient (Wildman–Crippen LogP) is 3.04. The normalized spacial score (nSPS) is 20.4. The van der Waals surface area contributed by atoms with Crippen LogP contribution in [-0.2, 0) is 0 Å². The highest BCUT2D eigenvalue weighted by Gasteiger charge is 2.30. The molecule has 5 heteroatoms. The zero-order valence-corrected chi connectivity index (χ0v) is 13.6. The molecular formula is C19H20N4O. The lowest BCUT2D eigenvalue weighted by molar-refractivity contribution is 0.163. The number of rotatable bonds is 3. The molecule has 0 saturated heterocycles. The Balaban J connectivity index is 1.86. The molecule has 4 rings (SSSR count). The topological polar surface area (TPSA) is 62.1 Å². The Bertz CT molecular complexity index is 852.